The molecule has 0 aliphatic rings. The minimum Gasteiger partial charge on any atom is -0.339 e. The minimum atomic E-state index is -0.0958. The van der Waals surface area contributed by atoms with E-state index in [9.17, 15) is 9.59 Å². The number of benzene rings is 6. The molecule has 10 rings (SSSR count). The van der Waals surface area contributed by atoms with Crippen molar-refractivity contribution < 1.29 is 0 Å². The zero-order valence-electron chi connectivity index (χ0n) is 20.9. The van der Waals surface area contributed by atoms with Crippen molar-refractivity contribution in [1.29, 1.82) is 0 Å². The van der Waals surface area contributed by atoms with Gasteiger partial charge >= 0.3 is 0 Å². The van der Waals surface area contributed by atoms with E-state index in [-0.39, 0.29) is 11.1 Å². The van der Waals surface area contributed by atoms with E-state index in [2.05, 4.69) is 58.5 Å². The average molecular weight is 515 g/mol. The highest BCUT2D eigenvalue weighted by atomic mass is 16.1. The van der Waals surface area contributed by atoms with Crippen molar-refractivity contribution >= 4 is 87.2 Å². The first-order valence-electron chi connectivity index (χ1n) is 13.3. The highest BCUT2D eigenvalue weighted by Gasteiger charge is 2.22. The number of hydrogen-bond donors (Lipinski definition) is 2. The van der Waals surface area contributed by atoms with Gasteiger partial charge in [-0.3, -0.25) is 18.4 Å². The van der Waals surface area contributed by atoms with E-state index in [0.29, 0.717) is 10.8 Å². The van der Waals surface area contributed by atoms with Crippen LogP contribution in [-0.2, 0) is 0 Å². The lowest BCUT2D eigenvalue weighted by Gasteiger charge is -2.12. The van der Waals surface area contributed by atoms with Crippen LogP contribution >= 0.6 is 0 Å². The summed E-state index contributed by atoms with van der Waals surface area (Å²) in [4.78, 5) is 35.2. The molecule has 0 saturated carbocycles. The number of nitrogens with one attached hydrogen (secondary N) is 2. The molecule has 4 heterocycles. The first-order chi connectivity index (χ1) is 19.7. The molecule has 0 saturated heterocycles. The van der Waals surface area contributed by atoms with E-state index in [1.807, 2.05) is 48.5 Å². The lowest BCUT2D eigenvalue weighted by atomic mass is 9.96. The summed E-state index contributed by atoms with van der Waals surface area (Å²) in [7, 11) is 0. The molecule has 0 atom stereocenters. The summed E-state index contributed by atoms with van der Waals surface area (Å²) in [6.45, 7) is 0. The fraction of sp³-hybridized carbons (Fsp3) is 0. The number of fused-ring (bicyclic) bond motifs is 10. The van der Waals surface area contributed by atoms with Crippen LogP contribution in [0.3, 0.4) is 0 Å². The Morgan fingerprint density at radius 3 is 1.25 bits per heavy atom. The molecule has 4 aromatic heterocycles. The molecule has 40 heavy (non-hydrogen) atoms. The van der Waals surface area contributed by atoms with Gasteiger partial charge in [0.25, 0.3) is 11.1 Å². The molecule has 6 heteroatoms. The number of rotatable bonds is 0. The molecule has 0 fully saturated rings. The van der Waals surface area contributed by atoms with Crippen molar-refractivity contribution in [3.05, 3.63) is 118 Å². The van der Waals surface area contributed by atoms with Gasteiger partial charge in [0, 0.05) is 32.3 Å². The third-order valence-electron chi connectivity index (χ3n) is 8.70. The van der Waals surface area contributed by atoms with E-state index >= 15 is 0 Å². The second-order valence-electron chi connectivity index (χ2n) is 10.7. The van der Waals surface area contributed by atoms with Gasteiger partial charge in [-0.1, -0.05) is 48.5 Å². The van der Waals surface area contributed by atoms with E-state index in [1.165, 1.54) is 0 Å². The molecule has 10 aromatic rings. The van der Waals surface area contributed by atoms with Gasteiger partial charge in [-0.2, -0.15) is 0 Å². The molecule has 0 aliphatic carbocycles. The van der Waals surface area contributed by atoms with Gasteiger partial charge in [0.15, 0.2) is 0 Å². The van der Waals surface area contributed by atoms with E-state index in [1.54, 1.807) is 8.80 Å². The first kappa shape index (κ1) is 20.4. The fourth-order valence-electron chi connectivity index (χ4n) is 6.92. The largest absolute Gasteiger partial charge is 0.339 e. The predicted octanol–water partition coefficient (Wildman–Crippen LogP) is 7.08. The van der Waals surface area contributed by atoms with Crippen molar-refractivity contribution in [2.75, 3.05) is 0 Å². The highest BCUT2D eigenvalue weighted by Crippen LogP contribution is 2.37. The zero-order chi connectivity index (χ0) is 26.3. The van der Waals surface area contributed by atoms with Gasteiger partial charge in [-0.05, 0) is 70.1 Å². The Balaban J connectivity index is 1.43. The van der Waals surface area contributed by atoms with Crippen molar-refractivity contribution in [2.24, 2.45) is 0 Å². The quantitative estimate of drug-likeness (QED) is 0.212. The van der Waals surface area contributed by atoms with Crippen LogP contribution in [-0.4, -0.2) is 18.8 Å². The van der Waals surface area contributed by atoms with Gasteiger partial charge in [-0.15, -0.1) is 0 Å². The number of hydrogen-bond acceptors (Lipinski definition) is 2. The molecule has 0 bridgehead atoms. The number of aromatic nitrogens is 4. The lowest BCUT2D eigenvalue weighted by Crippen LogP contribution is -2.16. The maximum Gasteiger partial charge on any atom is 0.264 e. The Kier molecular flexibility index (Phi) is 3.40. The summed E-state index contributed by atoms with van der Waals surface area (Å²) in [5.41, 5.74) is 4.76. The molecular weight excluding hydrogens is 496 g/mol. The third-order valence-corrected chi connectivity index (χ3v) is 8.70. The van der Waals surface area contributed by atoms with E-state index in [4.69, 9.17) is 0 Å². The number of aromatic amines is 2. The molecule has 0 spiro atoms. The summed E-state index contributed by atoms with van der Waals surface area (Å²) < 4.78 is 3.56. The monoisotopic (exact) mass is 514 g/mol. The predicted molar refractivity (Wildman–Crippen MR) is 163 cm³/mol. The Morgan fingerprint density at radius 1 is 0.450 bits per heavy atom. The van der Waals surface area contributed by atoms with Crippen LogP contribution in [0.15, 0.2) is 107 Å². The first-order valence-corrected chi connectivity index (χ1v) is 13.3. The van der Waals surface area contributed by atoms with Gasteiger partial charge in [-0.25, -0.2) is 0 Å². The normalized spacial score (nSPS) is 12.7. The number of nitrogens with zero attached hydrogens (tertiary/aromatic N) is 2. The van der Waals surface area contributed by atoms with Crippen molar-refractivity contribution in [3.63, 3.8) is 0 Å². The minimum absolute atomic E-state index is 0.0958. The molecule has 0 radical (unpaired) electrons. The fourth-order valence-corrected chi connectivity index (χ4v) is 6.92. The van der Waals surface area contributed by atoms with Crippen LogP contribution < -0.4 is 11.1 Å². The van der Waals surface area contributed by atoms with E-state index < -0.39 is 0 Å². The number of pyridine rings is 2. The Bertz CT molecular complexity index is 2670. The van der Waals surface area contributed by atoms with Crippen molar-refractivity contribution in [3.8, 4) is 0 Å². The summed E-state index contributed by atoms with van der Waals surface area (Å²) >= 11 is 0. The summed E-state index contributed by atoms with van der Waals surface area (Å²) in [5.74, 6) is 0. The van der Waals surface area contributed by atoms with Gasteiger partial charge < -0.3 is 9.97 Å². The van der Waals surface area contributed by atoms with E-state index in [0.717, 1.165) is 76.5 Å². The second-order valence-corrected chi connectivity index (χ2v) is 10.7. The van der Waals surface area contributed by atoms with Crippen molar-refractivity contribution in [1.82, 2.24) is 18.8 Å². The average Bonchev–Trinajstić information content (AvgIpc) is 3.54. The topological polar surface area (TPSA) is 74.5 Å². The Morgan fingerprint density at radius 2 is 0.825 bits per heavy atom. The maximum absolute atomic E-state index is 14.1. The molecule has 186 valence electrons. The molecule has 6 nitrogen and oxygen atoms in total. The van der Waals surface area contributed by atoms with Gasteiger partial charge in [0.1, 0.15) is 11.3 Å². The van der Waals surface area contributed by atoms with Crippen LogP contribution in [0.4, 0.5) is 0 Å². The third kappa shape index (κ3) is 2.28. The SMILES string of the molecule is O=c1c2ccc3c4c(ccc(c24)c2[nH]c4cc5ccccc5cc4n12)c(=O)n1c2cc4ccccc4cc2[nH]c31. The zero-order valence-corrected chi connectivity index (χ0v) is 20.9. The summed E-state index contributed by atoms with van der Waals surface area (Å²) in [6.07, 6.45) is 0. The van der Waals surface area contributed by atoms with Gasteiger partial charge in [0.2, 0.25) is 0 Å². The molecule has 0 aliphatic heterocycles. The lowest BCUT2D eigenvalue weighted by molar-refractivity contribution is 1.18. The number of H-pyrrole nitrogens is 2. The summed E-state index contributed by atoms with van der Waals surface area (Å²) in [6, 6.07) is 32.4. The highest BCUT2D eigenvalue weighted by molar-refractivity contribution is 6.28. The van der Waals surface area contributed by atoms with Crippen LogP contribution in [0.2, 0.25) is 0 Å². The molecule has 2 N–H and O–H groups in total. The Hall–Kier alpha value is -5.62. The maximum atomic E-state index is 14.1. The second kappa shape index (κ2) is 6.68. The van der Waals surface area contributed by atoms with Crippen LogP contribution in [0.1, 0.15) is 0 Å². The molecule has 0 amide bonds. The van der Waals surface area contributed by atoms with Crippen LogP contribution in [0.25, 0.3) is 87.2 Å². The smallest absolute Gasteiger partial charge is 0.264 e. The standard InChI is InChI=1S/C34H18N4O2/c39-33-23-12-10-22-30-24(34(40)38-28-16-20-8-4-2-6-18(20)14-26(28)36-32(22)38)11-9-21(29(23)30)31-35-25-13-17-5-1-3-7-19(17)15-27(25)37(31)33/h1-16,35-36H. The number of imidazole rings is 2. The molecule has 0 unspecified atom stereocenters. The van der Waals surface area contributed by atoms with Crippen LogP contribution in [0, 0.1) is 0 Å². The van der Waals surface area contributed by atoms with Crippen molar-refractivity contribution in [2.45, 2.75) is 0 Å². The molecular formula is C34H18N4O2. The molecule has 6 aromatic carbocycles. The summed E-state index contributed by atoms with van der Waals surface area (Å²) in [5, 5.41) is 9.05. The van der Waals surface area contributed by atoms with Gasteiger partial charge in [0.05, 0.1) is 22.1 Å². The Labute approximate surface area is 223 Å². The van der Waals surface area contributed by atoms with Crippen LogP contribution in [0.5, 0.6) is 0 Å².